The molecule has 1 aromatic rings. The minimum Gasteiger partial charge on any atom is -0.465 e. The predicted octanol–water partition coefficient (Wildman–Crippen LogP) is 1.81. The van der Waals surface area contributed by atoms with E-state index in [1.165, 1.54) is 0 Å². The van der Waals surface area contributed by atoms with Crippen LogP contribution in [0.5, 0.6) is 0 Å². The van der Waals surface area contributed by atoms with Crippen LogP contribution in [-0.4, -0.2) is 20.1 Å². The molecule has 1 aromatic carbocycles. The van der Waals surface area contributed by atoms with Crippen LogP contribution in [0.3, 0.4) is 0 Å². The Morgan fingerprint density at radius 1 is 1.19 bits per heavy atom. The second kappa shape index (κ2) is 4.11. The molecule has 0 aliphatic heterocycles. The van der Waals surface area contributed by atoms with E-state index in [-0.39, 0.29) is 12.1 Å². The van der Waals surface area contributed by atoms with Crippen molar-refractivity contribution >= 4 is 18.4 Å². The molecular formula is C8H5BF5O2-. The van der Waals surface area contributed by atoms with E-state index in [1.807, 2.05) is 0 Å². The molecule has 0 heterocycles. The normalized spacial score (nSPS) is 11.4. The summed E-state index contributed by atoms with van der Waals surface area (Å²) in [7, 11) is 0.864. The zero-order chi connectivity index (χ0) is 12.5. The standard InChI is InChI=1S/C8H5BF5O2/c1-16-8(15)7-5(10)2-4(3-6(7)11)9(12,13)14/h2-3H,1H3/q-1. The summed E-state index contributed by atoms with van der Waals surface area (Å²) in [4.78, 5) is 10.8. The molecule has 0 aliphatic rings. The van der Waals surface area contributed by atoms with Crippen molar-refractivity contribution in [3.63, 3.8) is 0 Å². The van der Waals surface area contributed by atoms with Gasteiger partial charge in [-0.25, -0.2) is 13.6 Å². The number of ether oxygens (including phenoxy) is 1. The van der Waals surface area contributed by atoms with Gasteiger partial charge >= 0.3 is 12.9 Å². The van der Waals surface area contributed by atoms with Crippen molar-refractivity contribution < 1.29 is 31.3 Å². The summed E-state index contributed by atoms with van der Waals surface area (Å²) >= 11 is 0. The summed E-state index contributed by atoms with van der Waals surface area (Å²) in [5.41, 5.74) is -2.58. The molecule has 0 spiro atoms. The van der Waals surface area contributed by atoms with Gasteiger partial charge in [-0.05, 0) is 0 Å². The van der Waals surface area contributed by atoms with Crippen LogP contribution in [0.4, 0.5) is 21.7 Å². The number of methoxy groups -OCH3 is 1. The molecule has 0 saturated heterocycles. The minimum absolute atomic E-state index is 0.0648. The number of hydrogen-bond acceptors (Lipinski definition) is 2. The van der Waals surface area contributed by atoms with Crippen LogP contribution in [0.25, 0.3) is 0 Å². The first kappa shape index (κ1) is 12.5. The van der Waals surface area contributed by atoms with Crippen molar-refractivity contribution in [1.29, 1.82) is 0 Å². The maximum Gasteiger partial charge on any atom is 0.509 e. The molecule has 0 atom stereocenters. The Labute approximate surface area is 87.1 Å². The smallest absolute Gasteiger partial charge is 0.465 e. The molecule has 0 saturated carbocycles. The molecule has 0 aromatic heterocycles. The lowest BCUT2D eigenvalue weighted by molar-refractivity contribution is 0.0590. The van der Waals surface area contributed by atoms with Crippen LogP contribution in [0.2, 0.25) is 0 Å². The molecule has 2 nitrogen and oxygen atoms in total. The maximum absolute atomic E-state index is 13.0. The van der Waals surface area contributed by atoms with Crippen LogP contribution in [0, 0.1) is 11.6 Å². The summed E-state index contributed by atoms with van der Waals surface area (Å²) < 4.78 is 66.7. The van der Waals surface area contributed by atoms with Gasteiger partial charge in [0.05, 0.1) is 7.11 Å². The number of carbonyl (C=O) groups is 1. The van der Waals surface area contributed by atoms with Crippen LogP contribution >= 0.6 is 0 Å². The fourth-order valence-corrected chi connectivity index (χ4v) is 1.08. The monoisotopic (exact) mass is 239 g/mol. The number of rotatable bonds is 2. The summed E-state index contributed by atoms with van der Waals surface area (Å²) in [5, 5.41) is 0. The second-order valence-corrected chi connectivity index (χ2v) is 2.93. The number of carbonyl (C=O) groups excluding carboxylic acids is 1. The lowest BCUT2D eigenvalue weighted by Crippen LogP contribution is -2.35. The molecule has 88 valence electrons. The zero-order valence-electron chi connectivity index (χ0n) is 7.94. The van der Waals surface area contributed by atoms with Crippen LogP contribution in [-0.2, 0) is 4.74 Å². The molecule has 0 radical (unpaired) electrons. The number of hydrogen-bond donors (Lipinski definition) is 0. The Balaban J connectivity index is 3.34. The Hall–Kier alpha value is -1.60. The van der Waals surface area contributed by atoms with E-state index in [0.717, 1.165) is 7.11 Å². The van der Waals surface area contributed by atoms with Gasteiger partial charge in [0.15, 0.2) is 0 Å². The van der Waals surface area contributed by atoms with Crippen molar-refractivity contribution in [2.75, 3.05) is 7.11 Å². The van der Waals surface area contributed by atoms with Gasteiger partial charge in [0.25, 0.3) is 0 Å². The third-order valence-corrected chi connectivity index (χ3v) is 1.83. The molecule has 0 N–H and O–H groups in total. The Bertz CT molecular complexity index is 406. The van der Waals surface area contributed by atoms with Crippen LogP contribution in [0.15, 0.2) is 12.1 Å². The Morgan fingerprint density at radius 2 is 1.62 bits per heavy atom. The highest BCUT2D eigenvalue weighted by Gasteiger charge is 2.29. The van der Waals surface area contributed by atoms with Gasteiger partial charge in [0.1, 0.15) is 17.2 Å². The Kier molecular flexibility index (Phi) is 3.20. The predicted molar refractivity (Wildman–Crippen MR) is 46.4 cm³/mol. The van der Waals surface area contributed by atoms with Crippen molar-refractivity contribution in [3.05, 3.63) is 29.3 Å². The Morgan fingerprint density at radius 3 is 1.94 bits per heavy atom. The molecule has 0 bridgehead atoms. The minimum atomic E-state index is -5.52. The van der Waals surface area contributed by atoms with Gasteiger partial charge in [-0.15, -0.1) is 5.46 Å². The van der Waals surface area contributed by atoms with Crippen LogP contribution in [0.1, 0.15) is 10.4 Å². The lowest BCUT2D eigenvalue weighted by Gasteiger charge is -2.15. The van der Waals surface area contributed by atoms with Gasteiger partial charge in [-0.1, -0.05) is 12.1 Å². The molecule has 16 heavy (non-hydrogen) atoms. The molecule has 0 unspecified atom stereocenters. The van der Waals surface area contributed by atoms with Crippen molar-refractivity contribution in [2.45, 2.75) is 0 Å². The summed E-state index contributed by atoms with van der Waals surface area (Å²) in [6, 6.07) is 0.130. The highest BCUT2D eigenvalue weighted by atomic mass is 19.4. The zero-order valence-corrected chi connectivity index (χ0v) is 7.94. The summed E-state index contributed by atoms with van der Waals surface area (Å²) in [6.07, 6.45) is 0. The fourth-order valence-electron chi connectivity index (χ4n) is 1.08. The van der Waals surface area contributed by atoms with Crippen molar-refractivity contribution in [1.82, 2.24) is 0 Å². The first-order chi connectivity index (χ1) is 7.27. The first-order valence-electron chi connectivity index (χ1n) is 4.04. The van der Waals surface area contributed by atoms with Gasteiger partial charge < -0.3 is 17.7 Å². The number of halogens is 5. The highest BCUT2D eigenvalue weighted by Crippen LogP contribution is 2.16. The van der Waals surface area contributed by atoms with E-state index >= 15 is 0 Å². The topological polar surface area (TPSA) is 26.3 Å². The van der Waals surface area contributed by atoms with Crippen molar-refractivity contribution in [2.24, 2.45) is 0 Å². The summed E-state index contributed by atoms with van der Waals surface area (Å²) in [6.45, 7) is -5.52. The molecule has 8 heteroatoms. The van der Waals surface area contributed by atoms with E-state index in [4.69, 9.17) is 0 Å². The first-order valence-corrected chi connectivity index (χ1v) is 4.04. The molecule has 1 rings (SSSR count). The largest absolute Gasteiger partial charge is 0.509 e. The number of esters is 1. The lowest BCUT2D eigenvalue weighted by atomic mass is 9.79. The third-order valence-electron chi connectivity index (χ3n) is 1.83. The SMILES string of the molecule is COC(=O)c1c(F)cc([B-](F)(F)F)cc1F. The molecule has 0 amide bonds. The molecular weight excluding hydrogens is 234 g/mol. The van der Waals surface area contributed by atoms with E-state index in [9.17, 15) is 26.5 Å². The average molecular weight is 239 g/mol. The molecule has 0 fully saturated rings. The average Bonchev–Trinajstić information content (AvgIpc) is 2.14. The summed E-state index contributed by atoms with van der Waals surface area (Å²) in [5.74, 6) is -4.56. The van der Waals surface area contributed by atoms with E-state index < -0.39 is 35.6 Å². The van der Waals surface area contributed by atoms with E-state index in [1.54, 1.807) is 0 Å². The van der Waals surface area contributed by atoms with Crippen molar-refractivity contribution in [3.8, 4) is 0 Å². The van der Waals surface area contributed by atoms with E-state index in [2.05, 4.69) is 4.74 Å². The van der Waals surface area contributed by atoms with Gasteiger partial charge in [0, 0.05) is 0 Å². The third kappa shape index (κ3) is 2.31. The van der Waals surface area contributed by atoms with Crippen LogP contribution < -0.4 is 5.46 Å². The van der Waals surface area contributed by atoms with Gasteiger partial charge in [0.2, 0.25) is 0 Å². The second-order valence-electron chi connectivity index (χ2n) is 2.93. The van der Waals surface area contributed by atoms with E-state index in [0.29, 0.717) is 0 Å². The highest BCUT2D eigenvalue weighted by molar-refractivity contribution is 6.73. The molecule has 0 aliphatic carbocycles. The van der Waals surface area contributed by atoms with Gasteiger partial charge in [-0.3, -0.25) is 0 Å². The maximum atomic E-state index is 13.0. The quantitative estimate of drug-likeness (QED) is 0.446. The number of benzene rings is 1. The fraction of sp³-hybridized carbons (Fsp3) is 0.125. The van der Waals surface area contributed by atoms with Gasteiger partial charge in [-0.2, -0.15) is 0 Å².